The van der Waals surface area contributed by atoms with Gasteiger partial charge in [-0.25, -0.2) is 45.6 Å². The third kappa shape index (κ3) is 22.7. The summed E-state index contributed by atoms with van der Waals surface area (Å²) in [5.74, 6) is 1.80. The van der Waals surface area contributed by atoms with Crippen LogP contribution in [0.2, 0.25) is 10.0 Å². The normalized spacial score (nSPS) is 13.0. The summed E-state index contributed by atoms with van der Waals surface area (Å²) in [6.45, 7) is 4.80. The number of methoxy groups -OCH3 is 3. The zero-order chi connectivity index (χ0) is 66.7. The van der Waals surface area contributed by atoms with E-state index in [0.29, 0.717) is 28.0 Å². The second-order valence-electron chi connectivity index (χ2n) is 18.0. The molecule has 4 aromatic heterocycles. The van der Waals surface area contributed by atoms with E-state index in [9.17, 15) is 62.2 Å². The van der Waals surface area contributed by atoms with Crippen molar-refractivity contribution in [2.45, 2.75) is 86.0 Å². The first-order chi connectivity index (χ1) is 41.6. The van der Waals surface area contributed by atoms with Crippen LogP contribution >= 0.6 is 30.6 Å². The van der Waals surface area contributed by atoms with E-state index in [-0.39, 0.29) is 71.7 Å². The average molecular weight is 1370 g/mol. The number of hydrogen-bond donors (Lipinski definition) is 7. The highest BCUT2D eigenvalue weighted by Gasteiger charge is 2.31. The Morgan fingerprint density at radius 3 is 2.03 bits per heavy atom. The fourth-order valence-electron chi connectivity index (χ4n) is 7.06. The summed E-state index contributed by atoms with van der Waals surface area (Å²) < 4.78 is 148. The Labute approximate surface area is 516 Å². The van der Waals surface area contributed by atoms with Crippen molar-refractivity contribution in [3.8, 4) is 41.6 Å². The SMILES string of the molecule is C#CCOc1cc(-n2nc3n(c2=O)CCCC3)c(Cl)cc1Cl.CCS(=O)(=O)c1cccnc1S(=O)(=O)NC(=O)Nc1nc(OC)cc(OC)n1.COc1nc(C)nc(NC(=O)NS(=O)(=O)c2ccccc2CCC(F)(F)F)n1.CP(=O)(O)CCC(N)C(=O)O. The Hall–Kier alpha value is -8.24. The van der Waals surface area contributed by atoms with E-state index in [2.05, 4.69) is 51.6 Å². The maximum atomic E-state index is 12.5. The van der Waals surface area contributed by atoms with Crippen molar-refractivity contribution in [3.05, 3.63) is 98.5 Å². The highest BCUT2D eigenvalue weighted by molar-refractivity contribution is 7.93. The van der Waals surface area contributed by atoms with Gasteiger partial charge in [-0.3, -0.25) is 24.6 Å². The Bertz CT molecular complexity index is 4000. The molecule has 31 nitrogen and oxygen atoms in total. The number of amides is 4. The van der Waals surface area contributed by atoms with Gasteiger partial charge in [-0.05, 0) is 62.4 Å². The van der Waals surface area contributed by atoms with E-state index < -0.39 is 95.2 Å². The first kappa shape index (κ1) is 73.2. The molecule has 2 unspecified atom stereocenters. The molecule has 1 aliphatic heterocycles. The lowest BCUT2D eigenvalue weighted by Crippen LogP contribution is -2.36. The van der Waals surface area contributed by atoms with Crippen LogP contribution in [0.25, 0.3) is 5.69 Å². The molecule has 4 amide bonds. The summed E-state index contributed by atoms with van der Waals surface area (Å²) in [4.78, 5) is 77.1. The molecule has 6 aromatic rings. The number of nitrogens with zero attached hydrogens (tertiary/aromatic N) is 9. The van der Waals surface area contributed by atoms with Crippen molar-refractivity contribution in [2.24, 2.45) is 5.73 Å². The summed E-state index contributed by atoms with van der Waals surface area (Å²) in [7, 11) is -12.1. The summed E-state index contributed by atoms with van der Waals surface area (Å²) in [5.41, 5.74) is 5.25. The molecule has 0 saturated heterocycles. The summed E-state index contributed by atoms with van der Waals surface area (Å²) in [6, 6.07) is 8.36. The molecule has 1 aliphatic rings. The number of carboxylic acids is 1. The van der Waals surface area contributed by atoms with Crippen molar-refractivity contribution < 1.29 is 86.3 Å². The average Bonchev–Trinajstić information content (AvgIpc) is 2.08. The number of halogens is 5. The molecule has 0 saturated carbocycles. The molecule has 2 atom stereocenters. The molecule has 0 aliphatic carbocycles. The molecule has 0 bridgehead atoms. The van der Waals surface area contributed by atoms with Crippen LogP contribution in [0.3, 0.4) is 0 Å². The van der Waals surface area contributed by atoms with Crippen molar-refractivity contribution in [1.29, 1.82) is 0 Å². The Morgan fingerprint density at radius 1 is 0.865 bits per heavy atom. The standard InChI is InChI=1S/C15H13Cl2N3O2.C15H16F3N5O4S.C14H17N5O7S2.C5H12NO4P/c1-2-7-22-13-9-12(10(16)8-11(13)17)20-15(21)19-6-4-3-5-14(19)18-20;1-9-19-12(22-14(20-9)27-2)21-13(24)23-28(25,26)11-6-4-3-5-10(11)7-8-15(16,17)18;1-4-27(21,22)9-6-5-7-15-12(9)28(23,24)19-14(20)18-13-16-10(25-2)8-11(17-13)26-3;1-11(9,10)3-2-4(6)5(7)8/h1,8-9H,3-7H2;3-6H,7-8H2,1-2H3,(H2,19,20,21,22,23,24);5-8H,4H2,1-3H3,(H2,16,17,18,19,20);4H,2-3,6H2,1H3,(H,7,8)(H,9,10). The lowest BCUT2D eigenvalue weighted by atomic mass is 10.1. The van der Waals surface area contributed by atoms with Crippen LogP contribution in [-0.2, 0) is 58.6 Å². The number of sulfonamides is 2. The largest absolute Gasteiger partial charge is 0.481 e. The fourth-order valence-corrected chi connectivity index (χ4v) is 12.1. The zero-order valence-corrected chi connectivity index (χ0v) is 52.5. The number of carbonyl (C=O) groups is 3. The third-order valence-electron chi connectivity index (χ3n) is 11.2. The number of anilines is 2. The first-order valence-electron chi connectivity index (χ1n) is 25.3. The van der Waals surface area contributed by atoms with Crippen molar-refractivity contribution in [2.75, 3.05) is 57.1 Å². The minimum Gasteiger partial charge on any atom is -0.481 e. The molecule has 8 N–H and O–H groups in total. The quantitative estimate of drug-likeness (QED) is 0.0400. The monoisotopic (exact) mass is 1370 g/mol. The second kappa shape index (κ2) is 32.3. The number of nitrogens with two attached hydrogens (primary N) is 1. The number of fused-ring (bicyclic) bond motifs is 1. The smallest absolute Gasteiger partial charge is 0.389 e. The fraction of sp³-hybridized carbons (Fsp3) is 0.367. The summed E-state index contributed by atoms with van der Waals surface area (Å²) in [6.07, 6.45) is 2.87. The number of benzene rings is 2. The highest BCUT2D eigenvalue weighted by Crippen LogP contribution is 2.36. The van der Waals surface area contributed by atoms with Crippen LogP contribution in [0.4, 0.5) is 34.7 Å². The number of carboxylic acid groups (broad SMARTS) is 1. The van der Waals surface area contributed by atoms with E-state index in [4.69, 9.17) is 64.3 Å². The lowest BCUT2D eigenvalue weighted by Gasteiger charge is -2.13. The Kier molecular flexibility index (Phi) is 26.6. The molecule has 0 spiro atoms. The van der Waals surface area contributed by atoms with E-state index in [1.54, 1.807) is 20.1 Å². The van der Waals surface area contributed by atoms with Crippen LogP contribution in [0, 0.1) is 19.3 Å². The maximum absolute atomic E-state index is 12.5. The predicted octanol–water partition coefficient (Wildman–Crippen LogP) is 4.76. The molecule has 7 rings (SSSR count). The number of sulfone groups is 1. The number of ether oxygens (including phenoxy) is 4. The molecule has 0 fully saturated rings. The number of urea groups is 2. The van der Waals surface area contributed by atoms with E-state index in [1.807, 2.05) is 0 Å². The van der Waals surface area contributed by atoms with E-state index in [1.165, 1.54) is 82.9 Å². The van der Waals surface area contributed by atoms with Crippen LogP contribution < -0.4 is 50.4 Å². The predicted molar refractivity (Wildman–Crippen MR) is 314 cm³/mol. The number of alkyl halides is 3. The first-order valence-corrected chi connectivity index (χ1v) is 33.0. The van der Waals surface area contributed by atoms with Crippen LogP contribution in [0.15, 0.2) is 80.4 Å². The number of terminal acetylenes is 1. The van der Waals surface area contributed by atoms with Gasteiger partial charge in [0.05, 0.1) is 53.8 Å². The molecular formula is C49H58Cl2F3N14O17PS3. The summed E-state index contributed by atoms with van der Waals surface area (Å²) >= 11 is 12.3. The molecule has 2 aromatic carbocycles. The molecule has 484 valence electrons. The number of nitrogens with one attached hydrogen (secondary N) is 4. The van der Waals surface area contributed by atoms with Gasteiger partial charge in [0.25, 0.3) is 20.0 Å². The maximum Gasteiger partial charge on any atom is 0.389 e. The van der Waals surface area contributed by atoms with Gasteiger partial charge in [0, 0.05) is 44.5 Å². The molecule has 5 heterocycles. The third-order valence-corrected chi connectivity index (χ3v) is 17.5. The Balaban J connectivity index is 0.000000264. The topological polar surface area (TPSA) is 439 Å². The number of aromatic nitrogens is 9. The Morgan fingerprint density at radius 2 is 1.47 bits per heavy atom. The molecule has 89 heavy (non-hydrogen) atoms. The zero-order valence-electron chi connectivity index (χ0n) is 47.7. The number of aliphatic carboxylic acids is 1. The number of carbonyl (C=O) groups excluding carboxylic acids is 2. The van der Waals surface area contributed by atoms with Gasteiger partial charge >= 0.3 is 35.9 Å². The van der Waals surface area contributed by atoms with Gasteiger partial charge in [-0.15, -0.1) is 11.5 Å². The van der Waals surface area contributed by atoms with Gasteiger partial charge in [0.2, 0.25) is 23.7 Å². The molecule has 40 heteroatoms. The molecular weight excluding hydrogens is 1310 g/mol. The minimum absolute atomic E-state index is 0.0412. The van der Waals surface area contributed by atoms with Crippen LogP contribution in [0.5, 0.6) is 23.5 Å². The van der Waals surface area contributed by atoms with Gasteiger partial charge in [0.15, 0.2) is 22.2 Å². The number of pyridine rings is 1. The molecule has 0 radical (unpaired) electrons. The van der Waals surface area contributed by atoms with E-state index in [0.717, 1.165) is 43.4 Å². The van der Waals surface area contributed by atoms with Gasteiger partial charge in [-0.2, -0.15) is 51.2 Å². The van der Waals surface area contributed by atoms with E-state index >= 15 is 0 Å². The minimum atomic E-state index is -4.61. The highest BCUT2D eigenvalue weighted by atomic mass is 35.5. The lowest BCUT2D eigenvalue weighted by molar-refractivity contribution is -0.138. The number of rotatable bonds is 20. The summed E-state index contributed by atoms with van der Waals surface area (Å²) in [5, 5.41) is 16.7. The second-order valence-corrected chi connectivity index (χ2v) is 26.8. The number of hydrogen-bond acceptors (Lipinski definition) is 23. The number of aryl methyl sites for hydroxylation is 3. The van der Waals surface area contributed by atoms with Gasteiger partial charge < -0.3 is 34.7 Å². The van der Waals surface area contributed by atoms with Crippen LogP contribution in [-0.4, -0.2) is 156 Å². The van der Waals surface area contributed by atoms with Crippen LogP contribution in [0.1, 0.15) is 49.8 Å². The van der Waals surface area contributed by atoms with Gasteiger partial charge in [0.1, 0.15) is 34.9 Å². The van der Waals surface area contributed by atoms with Crippen molar-refractivity contribution in [1.82, 2.24) is 53.7 Å². The van der Waals surface area contributed by atoms with Crippen molar-refractivity contribution in [3.63, 3.8) is 0 Å². The van der Waals surface area contributed by atoms with Crippen molar-refractivity contribution >= 4 is 90.4 Å². The van der Waals surface area contributed by atoms with Gasteiger partial charge in [-0.1, -0.05) is 54.2 Å².